The van der Waals surface area contributed by atoms with Gasteiger partial charge in [-0.05, 0) is 43.4 Å². The molecule has 0 aliphatic heterocycles. The molecule has 0 fully saturated rings. The van der Waals surface area contributed by atoms with Crippen LogP contribution in [0.4, 0.5) is 0 Å². The lowest BCUT2D eigenvalue weighted by molar-refractivity contribution is 0.156. The molecule has 1 atom stereocenters. The van der Waals surface area contributed by atoms with E-state index in [-0.39, 0.29) is 6.10 Å². The van der Waals surface area contributed by atoms with Crippen LogP contribution in [0.15, 0.2) is 36.5 Å². The highest BCUT2D eigenvalue weighted by Gasteiger charge is 2.22. The number of aliphatic hydroxyl groups is 1. The average Bonchev–Trinajstić information content (AvgIpc) is 2.91. The summed E-state index contributed by atoms with van der Waals surface area (Å²) < 4.78 is 7.44. The average molecular weight is 271 g/mol. The van der Waals surface area contributed by atoms with Crippen LogP contribution >= 0.6 is 0 Å². The van der Waals surface area contributed by atoms with E-state index in [2.05, 4.69) is 41.1 Å². The molecule has 1 N–H and O–H groups in total. The van der Waals surface area contributed by atoms with E-state index in [1.807, 2.05) is 0 Å². The highest BCUT2D eigenvalue weighted by atomic mass is 16.5. The molecule has 20 heavy (non-hydrogen) atoms. The zero-order valence-electron chi connectivity index (χ0n) is 11.9. The normalized spacial score (nSPS) is 18.0. The highest BCUT2D eigenvalue weighted by molar-refractivity contribution is 5.45. The Morgan fingerprint density at radius 3 is 3.00 bits per heavy atom. The summed E-state index contributed by atoms with van der Waals surface area (Å²) in [6.07, 6.45) is 5.66. The third-order valence-electron chi connectivity index (χ3n) is 4.10. The number of para-hydroxylation sites is 1. The predicted octanol–water partition coefficient (Wildman–Crippen LogP) is 3.04. The second-order valence-electron chi connectivity index (χ2n) is 5.37. The highest BCUT2D eigenvalue weighted by Crippen LogP contribution is 2.32. The number of hydrogen-bond acceptors (Lipinski definition) is 2. The Kier molecular flexibility index (Phi) is 3.90. The minimum atomic E-state index is -0.300. The van der Waals surface area contributed by atoms with Gasteiger partial charge in [-0.1, -0.05) is 18.2 Å². The quantitative estimate of drug-likeness (QED) is 0.927. The van der Waals surface area contributed by atoms with Gasteiger partial charge in [-0.25, -0.2) is 0 Å². The number of methoxy groups -OCH3 is 1. The third-order valence-corrected chi connectivity index (χ3v) is 4.10. The Bertz CT molecular complexity index is 588. The van der Waals surface area contributed by atoms with Crippen LogP contribution in [0.3, 0.4) is 0 Å². The van der Waals surface area contributed by atoms with Crippen molar-refractivity contribution in [1.29, 1.82) is 0 Å². The van der Waals surface area contributed by atoms with Gasteiger partial charge in [0, 0.05) is 30.3 Å². The molecule has 3 rings (SSSR count). The summed E-state index contributed by atoms with van der Waals surface area (Å²) in [5.41, 5.74) is 4.85. The largest absolute Gasteiger partial charge is 0.388 e. The standard InChI is InChI=1S/C17H21NO2/c1-20-12-10-13-5-2-3-6-15(13)18-11-9-14-16(18)7-4-8-17(14)19/h2-3,5-6,9,11,17,19H,4,7-8,10,12H2,1H3. The van der Waals surface area contributed by atoms with E-state index in [0.717, 1.165) is 37.9 Å². The molecule has 2 aromatic rings. The molecule has 0 saturated heterocycles. The van der Waals surface area contributed by atoms with Gasteiger partial charge < -0.3 is 14.4 Å². The topological polar surface area (TPSA) is 34.4 Å². The molecule has 0 amide bonds. The van der Waals surface area contributed by atoms with Gasteiger partial charge in [0.2, 0.25) is 0 Å². The van der Waals surface area contributed by atoms with Crippen LogP contribution in [0.25, 0.3) is 5.69 Å². The van der Waals surface area contributed by atoms with Crippen molar-refractivity contribution in [1.82, 2.24) is 4.57 Å². The number of benzene rings is 1. The number of fused-ring (bicyclic) bond motifs is 1. The molecule has 1 aliphatic rings. The molecule has 1 aromatic carbocycles. The van der Waals surface area contributed by atoms with E-state index in [4.69, 9.17) is 4.74 Å². The Balaban J connectivity index is 2.01. The smallest absolute Gasteiger partial charge is 0.0807 e. The van der Waals surface area contributed by atoms with Gasteiger partial charge in [-0.2, -0.15) is 0 Å². The molecule has 1 heterocycles. The number of nitrogens with zero attached hydrogens (tertiary/aromatic N) is 1. The molecular formula is C17H21NO2. The van der Waals surface area contributed by atoms with Crippen LogP contribution in [-0.4, -0.2) is 23.4 Å². The number of aromatic nitrogens is 1. The van der Waals surface area contributed by atoms with Crippen molar-refractivity contribution in [2.24, 2.45) is 0 Å². The fraction of sp³-hybridized carbons (Fsp3) is 0.412. The van der Waals surface area contributed by atoms with Crippen LogP contribution in [0.2, 0.25) is 0 Å². The maximum Gasteiger partial charge on any atom is 0.0807 e. The number of ether oxygens (including phenoxy) is 1. The van der Waals surface area contributed by atoms with E-state index >= 15 is 0 Å². The van der Waals surface area contributed by atoms with Crippen molar-refractivity contribution in [3.05, 3.63) is 53.3 Å². The summed E-state index contributed by atoms with van der Waals surface area (Å²) in [5.74, 6) is 0. The van der Waals surface area contributed by atoms with Crippen LogP contribution in [-0.2, 0) is 17.6 Å². The molecule has 3 heteroatoms. The molecule has 1 unspecified atom stereocenters. The van der Waals surface area contributed by atoms with E-state index in [9.17, 15) is 5.11 Å². The van der Waals surface area contributed by atoms with Crippen LogP contribution in [0.1, 0.15) is 35.8 Å². The Morgan fingerprint density at radius 2 is 2.15 bits per heavy atom. The van der Waals surface area contributed by atoms with Gasteiger partial charge in [0.15, 0.2) is 0 Å². The first-order valence-corrected chi connectivity index (χ1v) is 7.26. The molecule has 0 radical (unpaired) electrons. The van der Waals surface area contributed by atoms with Gasteiger partial charge in [-0.15, -0.1) is 0 Å². The van der Waals surface area contributed by atoms with Crippen molar-refractivity contribution in [2.45, 2.75) is 31.8 Å². The molecule has 3 nitrogen and oxygen atoms in total. The number of hydrogen-bond donors (Lipinski definition) is 1. The summed E-state index contributed by atoms with van der Waals surface area (Å²) in [5, 5.41) is 10.1. The van der Waals surface area contributed by atoms with E-state index < -0.39 is 0 Å². The van der Waals surface area contributed by atoms with E-state index in [1.165, 1.54) is 16.9 Å². The second kappa shape index (κ2) is 5.81. The molecule has 0 saturated carbocycles. The van der Waals surface area contributed by atoms with E-state index in [1.54, 1.807) is 7.11 Å². The molecule has 0 spiro atoms. The fourth-order valence-electron chi connectivity index (χ4n) is 3.06. The second-order valence-corrected chi connectivity index (χ2v) is 5.37. The monoisotopic (exact) mass is 271 g/mol. The fourth-order valence-corrected chi connectivity index (χ4v) is 3.06. The maximum absolute atomic E-state index is 10.1. The van der Waals surface area contributed by atoms with Gasteiger partial charge in [0.1, 0.15) is 0 Å². The Morgan fingerprint density at radius 1 is 1.30 bits per heavy atom. The molecule has 0 bridgehead atoms. The molecular weight excluding hydrogens is 250 g/mol. The van der Waals surface area contributed by atoms with E-state index in [0.29, 0.717) is 0 Å². The summed E-state index contributed by atoms with van der Waals surface area (Å²) in [6.45, 7) is 0.725. The van der Waals surface area contributed by atoms with Gasteiger partial charge in [-0.3, -0.25) is 0 Å². The summed E-state index contributed by atoms with van der Waals surface area (Å²) in [6, 6.07) is 10.5. The third kappa shape index (κ3) is 2.39. The first kappa shape index (κ1) is 13.4. The molecule has 106 valence electrons. The summed E-state index contributed by atoms with van der Waals surface area (Å²) >= 11 is 0. The van der Waals surface area contributed by atoms with Crippen molar-refractivity contribution in [3.63, 3.8) is 0 Å². The lowest BCUT2D eigenvalue weighted by atomic mass is 9.95. The lowest BCUT2D eigenvalue weighted by Crippen LogP contribution is -2.12. The SMILES string of the molecule is COCCc1ccccc1-n1ccc2c1CCCC2O. The summed E-state index contributed by atoms with van der Waals surface area (Å²) in [4.78, 5) is 0. The van der Waals surface area contributed by atoms with Crippen LogP contribution in [0.5, 0.6) is 0 Å². The lowest BCUT2D eigenvalue weighted by Gasteiger charge is -2.21. The van der Waals surface area contributed by atoms with Crippen LogP contribution < -0.4 is 0 Å². The minimum Gasteiger partial charge on any atom is -0.388 e. The van der Waals surface area contributed by atoms with Gasteiger partial charge in [0.25, 0.3) is 0 Å². The Labute approximate surface area is 119 Å². The van der Waals surface area contributed by atoms with Crippen molar-refractivity contribution >= 4 is 0 Å². The van der Waals surface area contributed by atoms with Gasteiger partial charge >= 0.3 is 0 Å². The number of rotatable bonds is 4. The maximum atomic E-state index is 10.1. The first-order chi connectivity index (χ1) is 9.81. The molecule has 1 aromatic heterocycles. The zero-order valence-corrected chi connectivity index (χ0v) is 11.9. The first-order valence-electron chi connectivity index (χ1n) is 7.26. The predicted molar refractivity (Wildman–Crippen MR) is 79.2 cm³/mol. The van der Waals surface area contributed by atoms with Gasteiger partial charge in [0.05, 0.1) is 12.7 Å². The summed E-state index contributed by atoms with van der Waals surface area (Å²) in [7, 11) is 1.73. The van der Waals surface area contributed by atoms with Crippen molar-refractivity contribution in [2.75, 3.05) is 13.7 Å². The minimum absolute atomic E-state index is 0.300. The molecule has 1 aliphatic carbocycles. The van der Waals surface area contributed by atoms with Crippen molar-refractivity contribution in [3.8, 4) is 5.69 Å². The van der Waals surface area contributed by atoms with Crippen molar-refractivity contribution < 1.29 is 9.84 Å². The zero-order chi connectivity index (χ0) is 13.9. The van der Waals surface area contributed by atoms with Crippen LogP contribution in [0, 0.1) is 0 Å². The number of aliphatic hydroxyl groups excluding tert-OH is 1. The Hall–Kier alpha value is -1.58.